The predicted octanol–water partition coefficient (Wildman–Crippen LogP) is 4.28. The second-order valence-electron chi connectivity index (χ2n) is 8.22. The molecule has 1 aliphatic carbocycles. The summed E-state index contributed by atoms with van der Waals surface area (Å²) in [7, 11) is -5.78. The van der Waals surface area contributed by atoms with Gasteiger partial charge in [0.15, 0.2) is 0 Å². The Morgan fingerprint density at radius 1 is 0.968 bits per heavy atom. The zero-order valence-corrected chi connectivity index (χ0v) is 19.4. The van der Waals surface area contributed by atoms with E-state index in [-0.39, 0.29) is 17.4 Å². The van der Waals surface area contributed by atoms with Gasteiger partial charge in [-0.2, -0.15) is 21.6 Å². The number of rotatable bonds is 10. The standard InChI is InChI=1S/C20H30F3NO5S2/c1-24(31(27,28)19-12-10-18(11-13-19)20(21,22)23)15-17-8-6-16(7-9-17)5-3-4-14-29-30(2,25)26/h10-13,16-17H,3-9,14-15H2,1-2H3/t16-,17-. The quantitative estimate of drug-likeness (QED) is 0.365. The summed E-state index contributed by atoms with van der Waals surface area (Å²) in [6.07, 6.45) is 2.80. The third-order valence-electron chi connectivity index (χ3n) is 5.68. The molecule has 0 saturated heterocycles. The largest absolute Gasteiger partial charge is 0.416 e. The van der Waals surface area contributed by atoms with Gasteiger partial charge in [-0.05, 0) is 55.4 Å². The maximum atomic E-state index is 12.7. The van der Waals surface area contributed by atoms with Crippen molar-refractivity contribution in [1.82, 2.24) is 4.31 Å². The van der Waals surface area contributed by atoms with E-state index in [2.05, 4.69) is 0 Å². The molecule has 2 rings (SSSR count). The third-order valence-corrected chi connectivity index (χ3v) is 8.11. The van der Waals surface area contributed by atoms with Crippen molar-refractivity contribution in [2.24, 2.45) is 11.8 Å². The van der Waals surface area contributed by atoms with Crippen LogP contribution < -0.4 is 0 Å². The first kappa shape index (κ1) is 26.1. The summed E-state index contributed by atoms with van der Waals surface area (Å²) in [5.41, 5.74) is -0.879. The fourth-order valence-corrected chi connectivity index (χ4v) is 5.57. The molecule has 6 nitrogen and oxygen atoms in total. The minimum absolute atomic E-state index is 0.145. The number of alkyl halides is 3. The van der Waals surface area contributed by atoms with Crippen LogP contribution in [0.25, 0.3) is 0 Å². The summed E-state index contributed by atoms with van der Waals surface area (Å²) in [5, 5.41) is 0. The topological polar surface area (TPSA) is 80.8 Å². The molecular formula is C20H30F3NO5S2. The first-order valence-corrected chi connectivity index (χ1v) is 13.5. The van der Waals surface area contributed by atoms with Crippen LogP contribution in [-0.2, 0) is 30.5 Å². The van der Waals surface area contributed by atoms with Crippen molar-refractivity contribution in [1.29, 1.82) is 0 Å². The highest BCUT2D eigenvalue weighted by Crippen LogP contribution is 2.33. The predicted molar refractivity (Wildman–Crippen MR) is 111 cm³/mol. The van der Waals surface area contributed by atoms with E-state index in [0.29, 0.717) is 18.9 Å². The molecule has 0 radical (unpaired) electrons. The van der Waals surface area contributed by atoms with Gasteiger partial charge in [-0.3, -0.25) is 4.18 Å². The lowest BCUT2D eigenvalue weighted by molar-refractivity contribution is -0.137. The van der Waals surface area contributed by atoms with Gasteiger partial charge < -0.3 is 0 Å². The van der Waals surface area contributed by atoms with Crippen molar-refractivity contribution in [3.63, 3.8) is 0 Å². The fourth-order valence-electron chi connectivity index (χ4n) is 3.91. The molecule has 11 heteroatoms. The molecular weight excluding hydrogens is 455 g/mol. The second-order valence-corrected chi connectivity index (χ2v) is 11.9. The van der Waals surface area contributed by atoms with E-state index in [4.69, 9.17) is 4.18 Å². The lowest BCUT2D eigenvalue weighted by Crippen LogP contribution is -2.33. The number of hydrogen-bond donors (Lipinski definition) is 0. The van der Waals surface area contributed by atoms with Gasteiger partial charge in [0.1, 0.15) is 0 Å². The Labute approximate surface area is 182 Å². The third kappa shape index (κ3) is 8.36. The zero-order valence-electron chi connectivity index (χ0n) is 17.8. The number of halogens is 3. The van der Waals surface area contributed by atoms with Crippen molar-refractivity contribution < 1.29 is 34.2 Å². The number of nitrogens with zero attached hydrogens (tertiary/aromatic N) is 1. The van der Waals surface area contributed by atoms with Gasteiger partial charge in [-0.15, -0.1) is 0 Å². The molecule has 1 aromatic carbocycles. The van der Waals surface area contributed by atoms with E-state index in [1.807, 2.05) is 0 Å². The molecule has 1 aliphatic rings. The Bertz CT molecular complexity index is 907. The highest BCUT2D eigenvalue weighted by Gasteiger charge is 2.32. The van der Waals surface area contributed by atoms with Crippen LogP contribution >= 0.6 is 0 Å². The molecule has 0 heterocycles. The summed E-state index contributed by atoms with van der Waals surface area (Å²) >= 11 is 0. The van der Waals surface area contributed by atoms with Crippen molar-refractivity contribution in [2.45, 2.75) is 56.0 Å². The average molecular weight is 486 g/mol. The van der Waals surface area contributed by atoms with E-state index in [1.165, 1.54) is 11.4 Å². The van der Waals surface area contributed by atoms with Gasteiger partial charge in [-0.1, -0.05) is 25.7 Å². The number of benzene rings is 1. The molecule has 0 aromatic heterocycles. The average Bonchev–Trinajstić information content (AvgIpc) is 2.67. The van der Waals surface area contributed by atoms with Crippen molar-refractivity contribution in [3.8, 4) is 0 Å². The molecule has 0 atom stereocenters. The van der Waals surface area contributed by atoms with E-state index < -0.39 is 31.9 Å². The normalized spacial score (nSPS) is 20.8. The van der Waals surface area contributed by atoms with E-state index in [0.717, 1.165) is 69.0 Å². The Morgan fingerprint density at radius 3 is 2.03 bits per heavy atom. The first-order chi connectivity index (χ1) is 14.3. The van der Waals surface area contributed by atoms with Crippen molar-refractivity contribution >= 4 is 20.1 Å². The maximum Gasteiger partial charge on any atom is 0.416 e. The Kier molecular flexibility index (Phi) is 8.95. The molecule has 1 saturated carbocycles. The monoisotopic (exact) mass is 485 g/mol. The molecule has 0 spiro atoms. The summed E-state index contributed by atoms with van der Waals surface area (Å²) in [6, 6.07) is 3.57. The second kappa shape index (κ2) is 10.6. The van der Waals surface area contributed by atoms with Crippen LogP contribution in [0.3, 0.4) is 0 Å². The van der Waals surface area contributed by atoms with Crippen LogP contribution in [0.15, 0.2) is 29.2 Å². The van der Waals surface area contributed by atoms with Crippen molar-refractivity contribution in [3.05, 3.63) is 29.8 Å². The minimum atomic E-state index is -4.51. The van der Waals surface area contributed by atoms with Crippen LogP contribution in [0.2, 0.25) is 0 Å². The molecule has 1 aromatic rings. The molecule has 31 heavy (non-hydrogen) atoms. The molecule has 0 aliphatic heterocycles. The van der Waals surface area contributed by atoms with Gasteiger partial charge in [0, 0.05) is 13.6 Å². The fraction of sp³-hybridized carbons (Fsp3) is 0.700. The SMILES string of the molecule is CN(C[C@H]1CC[C@H](CCCCOS(C)(=O)=O)CC1)S(=O)(=O)c1ccc(C(F)(F)F)cc1. The Balaban J connectivity index is 1.78. The molecule has 0 amide bonds. The summed E-state index contributed by atoms with van der Waals surface area (Å²) in [5.74, 6) is 0.741. The van der Waals surface area contributed by atoms with Crippen LogP contribution in [0.1, 0.15) is 50.5 Å². The molecule has 1 fully saturated rings. The van der Waals surface area contributed by atoms with Gasteiger partial charge in [0.2, 0.25) is 10.0 Å². The zero-order chi connectivity index (χ0) is 23.3. The van der Waals surface area contributed by atoms with E-state index in [1.54, 1.807) is 0 Å². The smallest absolute Gasteiger partial charge is 0.270 e. The lowest BCUT2D eigenvalue weighted by Gasteiger charge is -2.31. The Hall–Kier alpha value is -1.17. The highest BCUT2D eigenvalue weighted by atomic mass is 32.2. The Morgan fingerprint density at radius 2 is 1.52 bits per heavy atom. The van der Waals surface area contributed by atoms with Crippen LogP contribution in [0, 0.1) is 11.8 Å². The molecule has 0 bridgehead atoms. The first-order valence-electron chi connectivity index (χ1n) is 10.3. The summed E-state index contributed by atoms with van der Waals surface area (Å²) in [6.45, 7) is 0.527. The number of sulfonamides is 1. The summed E-state index contributed by atoms with van der Waals surface area (Å²) < 4.78 is 91.2. The van der Waals surface area contributed by atoms with Crippen molar-refractivity contribution in [2.75, 3.05) is 26.5 Å². The van der Waals surface area contributed by atoms with Crippen LogP contribution in [-0.4, -0.2) is 47.6 Å². The number of unbranched alkanes of at least 4 members (excludes halogenated alkanes) is 1. The van der Waals surface area contributed by atoms with E-state index >= 15 is 0 Å². The minimum Gasteiger partial charge on any atom is -0.270 e. The highest BCUT2D eigenvalue weighted by molar-refractivity contribution is 7.89. The van der Waals surface area contributed by atoms with Gasteiger partial charge >= 0.3 is 6.18 Å². The lowest BCUT2D eigenvalue weighted by atomic mass is 9.80. The van der Waals surface area contributed by atoms with E-state index in [9.17, 15) is 30.0 Å². The summed E-state index contributed by atoms with van der Waals surface area (Å²) in [4.78, 5) is -0.145. The van der Waals surface area contributed by atoms with Gasteiger partial charge in [0.25, 0.3) is 10.1 Å². The molecule has 0 N–H and O–H groups in total. The maximum absolute atomic E-state index is 12.7. The molecule has 178 valence electrons. The van der Waals surface area contributed by atoms with Crippen LogP contribution in [0.4, 0.5) is 13.2 Å². The van der Waals surface area contributed by atoms with Crippen LogP contribution in [0.5, 0.6) is 0 Å². The number of hydrogen-bond acceptors (Lipinski definition) is 5. The van der Waals surface area contributed by atoms with Gasteiger partial charge in [-0.25, -0.2) is 12.7 Å². The van der Waals surface area contributed by atoms with Gasteiger partial charge in [0.05, 0.1) is 23.3 Å². The molecule has 0 unspecified atom stereocenters.